The number of carbonyl (C=O) groups excluding carboxylic acids is 2. The Kier molecular flexibility index (Phi) is 6.10. The Bertz CT molecular complexity index is 824. The van der Waals surface area contributed by atoms with Crippen LogP contribution >= 0.6 is 11.6 Å². The Morgan fingerprint density at radius 2 is 1.62 bits per heavy atom. The van der Waals surface area contributed by atoms with Crippen LogP contribution in [-0.4, -0.2) is 45.0 Å². The van der Waals surface area contributed by atoms with Crippen LogP contribution in [0.5, 0.6) is 11.5 Å². The fourth-order valence-electron chi connectivity index (χ4n) is 2.43. The summed E-state index contributed by atoms with van der Waals surface area (Å²) in [5.41, 5.74) is 1.95. The molecule has 0 saturated carbocycles. The van der Waals surface area contributed by atoms with Gasteiger partial charge >= 0.3 is 0 Å². The van der Waals surface area contributed by atoms with E-state index in [-0.39, 0.29) is 11.8 Å². The highest BCUT2D eigenvalue weighted by Crippen LogP contribution is 2.30. The molecule has 2 amide bonds. The van der Waals surface area contributed by atoms with Crippen LogP contribution in [0.15, 0.2) is 30.3 Å². The molecule has 2 rings (SSSR count). The van der Waals surface area contributed by atoms with Crippen LogP contribution < -0.4 is 14.8 Å². The standard InChI is InChI=1S/C19H21ClN2O4/c1-11-16(25-4)8-12(9-17(11)26-5)18(23)21-13-6-7-15(20)14(10-13)19(24)22(2)3/h6-10H,1-5H3,(H,21,23). The summed E-state index contributed by atoms with van der Waals surface area (Å²) in [5.74, 6) is 0.500. The normalized spacial score (nSPS) is 10.2. The van der Waals surface area contributed by atoms with Crippen LogP contribution in [0, 0.1) is 6.92 Å². The minimum absolute atomic E-state index is 0.246. The average Bonchev–Trinajstić information content (AvgIpc) is 2.62. The number of halogens is 1. The Morgan fingerprint density at radius 3 is 2.12 bits per heavy atom. The van der Waals surface area contributed by atoms with Crippen LogP contribution in [0.3, 0.4) is 0 Å². The molecule has 6 nitrogen and oxygen atoms in total. The third-order valence-electron chi connectivity index (χ3n) is 3.88. The summed E-state index contributed by atoms with van der Waals surface area (Å²) >= 11 is 6.09. The van der Waals surface area contributed by atoms with Gasteiger partial charge in [0.2, 0.25) is 0 Å². The lowest BCUT2D eigenvalue weighted by Crippen LogP contribution is -2.22. The lowest BCUT2D eigenvalue weighted by molar-refractivity contribution is 0.0827. The number of benzene rings is 2. The van der Waals surface area contributed by atoms with Crippen molar-refractivity contribution in [3.63, 3.8) is 0 Å². The molecular weight excluding hydrogens is 356 g/mol. The zero-order valence-corrected chi connectivity index (χ0v) is 16.1. The highest BCUT2D eigenvalue weighted by Gasteiger charge is 2.16. The number of ether oxygens (including phenoxy) is 2. The van der Waals surface area contributed by atoms with Gasteiger partial charge in [0, 0.05) is 30.9 Å². The summed E-state index contributed by atoms with van der Waals surface area (Å²) in [6.45, 7) is 1.84. The predicted octanol–water partition coefficient (Wildman–Crippen LogP) is 3.62. The van der Waals surface area contributed by atoms with Gasteiger partial charge in [-0.15, -0.1) is 0 Å². The van der Waals surface area contributed by atoms with Crippen molar-refractivity contribution >= 4 is 29.1 Å². The van der Waals surface area contributed by atoms with Crippen molar-refractivity contribution in [1.82, 2.24) is 4.90 Å². The molecule has 0 heterocycles. The molecule has 0 atom stereocenters. The maximum Gasteiger partial charge on any atom is 0.255 e. The first-order chi connectivity index (χ1) is 12.3. The number of amides is 2. The van der Waals surface area contributed by atoms with Gasteiger partial charge in [0.15, 0.2) is 0 Å². The summed E-state index contributed by atoms with van der Waals surface area (Å²) in [6, 6.07) is 8.02. The second-order valence-electron chi connectivity index (χ2n) is 5.85. The summed E-state index contributed by atoms with van der Waals surface area (Å²) in [6.07, 6.45) is 0. The summed E-state index contributed by atoms with van der Waals surface area (Å²) in [4.78, 5) is 26.2. The quantitative estimate of drug-likeness (QED) is 0.865. The third kappa shape index (κ3) is 4.08. The van der Waals surface area contributed by atoms with E-state index in [1.807, 2.05) is 6.92 Å². The molecule has 138 valence electrons. The first kappa shape index (κ1) is 19.6. The summed E-state index contributed by atoms with van der Waals surface area (Å²) in [7, 11) is 6.33. The molecule has 0 aromatic heterocycles. The molecule has 0 fully saturated rings. The number of carbonyl (C=O) groups is 2. The fraction of sp³-hybridized carbons (Fsp3) is 0.263. The van der Waals surface area contributed by atoms with E-state index < -0.39 is 0 Å². The molecule has 0 bridgehead atoms. The second-order valence-corrected chi connectivity index (χ2v) is 6.26. The van der Waals surface area contributed by atoms with Crippen LogP contribution in [0.2, 0.25) is 5.02 Å². The maximum absolute atomic E-state index is 12.6. The van der Waals surface area contributed by atoms with Crippen LogP contribution in [0.25, 0.3) is 0 Å². The molecule has 0 spiro atoms. The van der Waals surface area contributed by atoms with E-state index >= 15 is 0 Å². The largest absolute Gasteiger partial charge is 0.496 e. The van der Waals surface area contributed by atoms with Gasteiger partial charge in [-0.2, -0.15) is 0 Å². The zero-order chi connectivity index (χ0) is 19.4. The van der Waals surface area contributed by atoms with Crippen molar-refractivity contribution < 1.29 is 19.1 Å². The van der Waals surface area contributed by atoms with Gasteiger partial charge < -0.3 is 19.7 Å². The number of hydrogen-bond acceptors (Lipinski definition) is 4. The molecule has 26 heavy (non-hydrogen) atoms. The monoisotopic (exact) mass is 376 g/mol. The average molecular weight is 377 g/mol. The van der Waals surface area contributed by atoms with Gasteiger partial charge in [0.1, 0.15) is 11.5 Å². The van der Waals surface area contributed by atoms with Crippen molar-refractivity contribution in [2.75, 3.05) is 33.6 Å². The molecule has 0 saturated heterocycles. The topological polar surface area (TPSA) is 67.9 Å². The lowest BCUT2D eigenvalue weighted by Gasteiger charge is -2.14. The molecule has 0 unspecified atom stereocenters. The molecule has 0 aliphatic heterocycles. The minimum Gasteiger partial charge on any atom is -0.496 e. The van der Waals surface area contributed by atoms with Gasteiger partial charge in [-0.3, -0.25) is 9.59 Å². The van der Waals surface area contributed by atoms with Gasteiger partial charge in [-0.25, -0.2) is 0 Å². The van der Waals surface area contributed by atoms with Gasteiger partial charge in [-0.1, -0.05) is 11.6 Å². The van der Waals surface area contributed by atoms with E-state index in [9.17, 15) is 9.59 Å². The van der Waals surface area contributed by atoms with Crippen molar-refractivity contribution in [1.29, 1.82) is 0 Å². The Balaban J connectivity index is 2.33. The van der Waals surface area contributed by atoms with E-state index in [2.05, 4.69) is 5.32 Å². The number of nitrogens with one attached hydrogen (secondary N) is 1. The van der Waals surface area contributed by atoms with Crippen molar-refractivity contribution in [3.05, 3.63) is 52.0 Å². The van der Waals surface area contributed by atoms with Crippen LogP contribution in [0.4, 0.5) is 5.69 Å². The van der Waals surface area contributed by atoms with Gasteiger partial charge in [0.25, 0.3) is 11.8 Å². The lowest BCUT2D eigenvalue weighted by atomic mass is 10.1. The summed E-state index contributed by atoms with van der Waals surface area (Å²) < 4.78 is 10.6. The maximum atomic E-state index is 12.6. The van der Waals surface area contributed by atoms with Crippen molar-refractivity contribution in [2.45, 2.75) is 6.92 Å². The van der Waals surface area contributed by atoms with E-state index in [1.54, 1.807) is 44.4 Å². The molecule has 0 radical (unpaired) electrons. The van der Waals surface area contributed by atoms with E-state index in [4.69, 9.17) is 21.1 Å². The van der Waals surface area contributed by atoms with Crippen molar-refractivity contribution in [3.8, 4) is 11.5 Å². The molecule has 1 N–H and O–H groups in total. The molecular formula is C19H21ClN2O4. The SMILES string of the molecule is COc1cc(C(=O)Nc2ccc(Cl)c(C(=O)N(C)C)c2)cc(OC)c1C. The van der Waals surface area contributed by atoms with Crippen LogP contribution in [0.1, 0.15) is 26.3 Å². The highest BCUT2D eigenvalue weighted by molar-refractivity contribution is 6.34. The van der Waals surface area contributed by atoms with Crippen molar-refractivity contribution in [2.24, 2.45) is 0 Å². The van der Waals surface area contributed by atoms with E-state index in [0.717, 1.165) is 5.56 Å². The Hall–Kier alpha value is -2.73. The molecule has 2 aromatic carbocycles. The number of rotatable bonds is 5. The third-order valence-corrected chi connectivity index (χ3v) is 4.20. The van der Waals surface area contributed by atoms with Crippen LogP contribution in [-0.2, 0) is 0 Å². The minimum atomic E-state index is -0.354. The Morgan fingerprint density at radius 1 is 1.04 bits per heavy atom. The fourth-order valence-corrected chi connectivity index (χ4v) is 2.63. The highest BCUT2D eigenvalue weighted by atomic mass is 35.5. The Labute approximate surface area is 157 Å². The van der Waals surface area contributed by atoms with E-state index in [1.165, 1.54) is 19.1 Å². The number of hydrogen-bond donors (Lipinski definition) is 1. The number of nitrogens with zero attached hydrogens (tertiary/aromatic N) is 1. The predicted molar refractivity (Wildman–Crippen MR) is 102 cm³/mol. The number of methoxy groups -OCH3 is 2. The van der Waals surface area contributed by atoms with Gasteiger partial charge in [-0.05, 0) is 37.3 Å². The zero-order valence-electron chi connectivity index (χ0n) is 15.3. The smallest absolute Gasteiger partial charge is 0.255 e. The molecule has 0 aliphatic carbocycles. The molecule has 0 aliphatic rings. The summed E-state index contributed by atoms with van der Waals surface area (Å²) in [5, 5.41) is 3.08. The first-order valence-electron chi connectivity index (χ1n) is 7.83. The first-order valence-corrected chi connectivity index (χ1v) is 8.21. The number of anilines is 1. The second kappa shape index (κ2) is 8.10. The van der Waals surface area contributed by atoms with Gasteiger partial charge in [0.05, 0.1) is 24.8 Å². The molecule has 2 aromatic rings. The molecule has 7 heteroatoms. The van der Waals surface area contributed by atoms with E-state index in [0.29, 0.717) is 33.3 Å².